The monoisotopic (exact) mass is 234 g/mol. The van der Waals surface area contributed by atoms with Gasteiger partial charge in [0.25, 0.3) is 0 Å². The highest BCUT2D eigenvalue weighted by atomic mass is 16.6. The number of nitro benzene ring substituents is 1. The molecule has 0 radical (unpaired) electrons. The minimum Gasteiger partial charge on any atom is -0.490 e. The fourth-order valence-electron chi connectivity index (χ4n) is 1.59. The Kier molecular flexibility index (Phi) is 2.78. The van der Waals surface area contributed by atoms with Crippen LogP contribution in [0.2, 0.25) is 0 Å². The normalized spacial score (nSPS) is 10.2. The van der Waals surface area contributed by atoms with E-state index in [9.17, 15) is 10.1 Å². The van der Waals surface area contributed by atoms with Crippen molar-refractivity contribution >= 4 is 16.6 Å². The van der Waals surface area contributed by atoms with Crippen LogP contribution in [0.4, 0.5) is 5.69 Å². The molecule has 0 N–H and O–H groups in total. The van der Waals surface area contributed by atoms with E-state index in [0.29, 0.717) is 11.3 Å². The van der Waals surface area contributed by atoms with Gasteiger partial charge in [0.05, 0.1) is 19.1 Å². The molecule has 2 rings (SSSR count). The van der Waals surface area contributed by atoms with Crippen molar-refractivity contribution in [2.24, 2.45) is 0 Å². The SMILES string of the molecule is COc1ccc2ccc(OC)c([N+](=O)[O-])c2n1. The van der Waals surface area contributed by atoms with Gasteiger partial charge in [0.1, 0.15) is 0 Å². The van der Waals surface area contributed by atoms with Crippen molar-refractivity contribution in [2.75, 3.05) is 14.2 Å². The molecular weight excluding hydrogens is 224 g/mol. The highest BCUT2D eigenvalue weighted by molar-refractivity contribution is 5.90. The van der Waals surface area contributed by atoms with Crippen LogP contribution in [0.15, 0.2) is 24.3 Å². The van der Waals surface area contributed by atoms with Gasteiger partial charge in [0, 0.05) is 11.5 Å². The molecule has 0 fully saturated rings. The first-order valence-electron chi connectivity index (χ1n) is 4.83. The number of rotatable bonds is 3. The van der Waals surface area contributed by atoms with E-state index in [-0.39, 0.29) is 17.0 Å². The van der Waals surface area contributed by atoms with Crippen LogP contribution in [0.5, 0.6) is 11.6 Å². The molecule has 0 aliphatic rings. The van der Waals surface area contributed by atoms with Crippen LogP contribution in [0, 0.1) is 10.1 Å². The minimum atomic E-state index is -0.506. The Bertz CT molecular complexity index is 578. The Balaban J connectivity index is 2.81. The molecule has 0 saturated carbocycles. The third kappa shape index (κ3) is 1.84. The second-order valence-corrected chi connectivity index (χ2v) is 3.30. The molecule has 0 unspecified atom stereocenters. The Morgan fingerprint density at radius 1 is 1.18 bits per heavy atom. The van der Waals surface area contributed by atoms with Crippen LogP contribution in [0.25, 0.3) is 10.9 Å². The topological polar surface area (TPSA) is 74.5 Å². The predicted molar refractivity (Wildman–Crippen MR) is 61.5 cm³/mol. The molecule has 1 aromatic carbocycles. The Morgan fingerprint density at radius 2 is 1.88 bits per heavy atom. The maximum Gasteiger partial charge on any atom is 0.336 e. The van der Waals surface area contributed by atoms with Gasteiger partial charge in [-0.15, -0.1) is 0 Å². The Morgan fingerprint density at radius 3 is 2.47 bits per heavy atom. The van der Waals surface area contributed by atoms with E-state index in [4.69, 9.17) is 9.47 Å². The maximum atomic E-state index is 11.0. The van der Waals surface area contributed by atoms with E-state index in [1.54, 1.807) is 24.3 Å². The molecule has 1 heterocycles. The minimum absolute atomic E-state index is 0.149. The molecule has 0 amide bonds. The molecule has 1 aromatic heterocycles. The summed E-state index contributed by atoms with van der Waals surface area (Å²) in [5.41, 5.74) is 0.109. The van der Waals surface area contributed by atoms with Crippen LogP contribution in [-0.2, 0) is 0 Å². The van der Waals surface area contributed by atoms with Crippen molar-refractivity contribution in [1.82, 2.24) is 4.98 Å². The molecule has 0 aliphatic carbocycles. The van der Waals surface area contributed by atoms with Crippen LogP contribution in [0.3, 0.4) is 0 Å². The summed E-state index contributed by atoms with van der Waals surface area (Å²) in [6.07, 6.45) is 0. The molecule has 0 bridgehead atoms. The number of aromatic nitrogens is 1. The molecule has 17 heavy (non-hydrogen) atoms. The maximum absolute atomic E-state index is 11.0. The molecule has 0 aliphatic heterocycles. The zero-order chi connectivity index (χ0) is 12.4. The number of nitro groups is 1. The van der Waals surface area contributed by atoms with Gasteiger partial charge in [-0.1, -0.05) is 0 Å². The number of ether oxygens (including phenoxy) is 2. The number of benzene rings is 1. The lowest BCUT2D eigenvalue weighted by Crippen LogP contribution is -1.97. The molecule has 0 saturated heterocycles. The lowest BCUT2D eigenvalue weighted by molar-refractivity contribution is -0.384. The Hall–Kier alpha value is -2.37. The predicted octanol–water partition coefficient (Wildman–Crippen LogP) is 2.16. The molecule has 0 spiro atoms. The first kappa shape index (κ1) is 11.1. The number of pyridine rings is 1. The zero-order valence-electron chi connectivity index (χ0n) is 9.34. The molecule has 6 heteroatoms. The van der Waals surface area contributed by atoms with Gasteiger partial charge >= 0.3 is 5.69 Å². The van der Waals surface area contributed by atoms with Crippen molar-refractivity contribution in [3.8, 4) is 11.6 Å². The van der Waals surface area contributed by atoms with Crippen molar-refractivity contribution in [2.45, 2.75) is 0 Å². The van der Waals surface area contributed by atoms with Crippen LogP contribution in [0.1, 0.15) is 0 Å². The van der Waals surface area contributed by atoms with Gasteiger partial charge in [-0.25, -0.2) is 4.98 Å². The van der Waals surface area contributed by atoms with Crippen molar-refractivity contribution in [3.63, 3.8) is 0 Å². The third-order valence-electron chi connectivity index (χ3n) is 2.38. The van der Waals surface area contributed by atoms with E-state index >= 15 is 0 Å². The van der Waals surface area contributed by atoms with Gasteiger partial charge in [-0.3, -0.25) is 10.1 Å². The molecule has 2 aromatic rings. The first-order valence-corrected chi connectivity index (χ1v) is 4.83. The number of methoxy groups -OCH3 is 2. The molecular formula is C11H10N2O4. The highest BCUT2D eigenvalue weighted by Crippen LogP contribution is 2.34. The van der Waals surface area contributed by atoms with Gasteiger partial charge in [-0.2, -0.15) is 0 Å². The van der Waals surface area contributed by atoms with Gasteiger partial charge in [0.15, 0.2) is 11.3 Å². The van der Waals surface area contributed by atoms with Crippen LogP contribution >= 0.6 is 0 Å². The zero-order valence-corrected chi connectivity index (χ0v) is 9.34. The highest BCUT2D eigenvalue weighted by Gasteiger charge is 2.20. The number of hydrogen-bond donors (Lipinski definition) is 0. The fourth-order valence-corrected chi connectivity index (χ4v) is 1.59. The van der Waals surface area contributed by atoms with E-state index in [0.717, 1.165) is 0 Å². The smallest absolute Gasteiger partial charge is 0.336 e. The van der Waals surface area contributed by atoms with E-state index in [2.05, 4.69) is 4.98 Å². The summed E-state index contributed by atoms with van der Waals surface area (Å²) in [5, 5.41) is 11.7. The third-order valence-corrected chi connectivity index (χ3v) is 2.38. The number of hydrogen-bond acceptors (Lipinski definition) is 5. The number of nitrogens with zero attached hydrogens (tertiary/aromatic N) is 2. The summed E-state index contributed by atoms with van der Waals surface area (Å²) in [5.74, 6) is 0.511. The van der Waals surface area contributed by atoms with Gasteiger partial charge in [-0.05, 0) is 18.2 Å². The summed E-state index contributed by atoms with van der Waals surface area (Å²) < 4.78 is 9.92. The second-order valence-electron chi connectivity index (χ2n) is 3.30. The van der Waals surface area contributed by atoms with Crippen molar-refractivity contribution < 1.29 is 14.4 Å². The standard InChI is InChI=1S/C11H10N2O4/c1-16-8-5-3-7-4-6-9(17-2)12-10(7)11(8)13(14)15/h3-6H,1-2H3. The molecule has 0 atom stereocenters. The van der Waals surface area contributed by atoms with Gasteiger partial charge in [0.2, 0.25) is 5.88 Å². The average molecular weight is 234 g/mol. The van der Waals surface area contributed by atoms with E-state index < -0.39 is 4.92 Å². The van der Waals surface area contributed by atoms with E-state index in [1.165, 1.54) is 14.2 Å². The summed E-state index contributed by atoms with van der Waals surface area (Å²) in [7, 11) is 2.84. The van der Waals surface area contributed by atoms with Gasteiger partial charge < -0.3 is 9.47 Å². The largest absolute Gasteiger partial charge is 0.490 e. The lowest BCUT2D eigenvalue weighted by atomic mass is 10.2. The first-order chi connectivity index (χ1) is 8.17. The molecule has 6 nitrogen and oxygen atoms in total. The second kappa shape index (κ2) is 4.25. The van der Waals surface area contributed by atoms with Crippen molar-refractivity contribution in [3.05, 3.63) is 34.4 Å². The quantitative estimate of drug-likeness (QED) is 0.600. The summed E-state index contributed by atoms with van der Waals surface area (Å²) >= 11 is 0. The van der Waals surface area contributed by atoms with Crippen LogP contribution in [-0.4, -0.2) is 24.1 Å². The fraction of sp³-hybridized carbons (Fsp3) is 0.182. The Labute approximate surface area is 96.9 Å². The van der Waals surface area contributed by atoms with Crippen molar-refractivity contribution in [1.29, 1.82) is 0 Å². The molecule has 88 valence electrons. The summed E-state index contributed by atoms with van der Waals surface area (Å²) in [6, 6.07) is 6.63. The summed E-state index contributed by atoms with van der Waals surface area (Å²) in [4.78, 5) is 14.6. The van der Waals surface area contributed by atoms with E-state index in [1.807, 2.05) is 0 Å². The average Bonchev–Trinajstić information content (AvgIpc) is 2.36. The van der Waals surface area contributed by atoms with Crippen LogP contribution < -0.4 is 9.47 Å². The lowest BCUT2D eigenvalue weighted by Gasteiger charge is -2.05. The number of fused-ring (bicyclic) bond motifs is 1. The summed E-state index contributed by atoms with van der Waals surface area (Å²) in [6.45, 7) is 0.